The zero-order valence-corrected chi connectivity index (χ0v) is 16.8. The molecule has 0 aromatic heterocycles. The molecular weight excluding hydrogens is 384 g/mol. The summed E-state index contributed by atoms with van der Waals surface area (Å²) in [5.41, 5.74) is 0.822. The minimum absolute atomic E-state index is 0.0415. The molecule has 0 unspecified atom stereocenters. The van der Waals surface area contributed by atoms with Crippen LogP contribution < -0.4 is 0 Å². The number of benzene rings is 2. The summed E-state index contributed by atoms with van der Waals surface area (Å²) in [6, 6.07) is 18.4. The van der Waals surface area contributed by atoms with Gasteiger partial charge in [-0.05, 0) is 28.7 Å². The Kier molecular flexibility index (Phi) is 5.16. The number of hydrogen-bond acceptors (Lipinski definition) is 6. The van der Waals surface area contributed by atoms with Gasteiger partial charge in [-0.3, -0.25) is 14.4 Å². The molecule has 1 fully saturated rings. The summed E-state index contributed by atoms with van der Waals surface area (Å²) in [4.78, 5) is 39.2. The van der Waals surface area contributed by atoms with Crippen LogP contribution in [0.1, 0.15) is 17.5 Å². The van der Waals surface area contributed by atoms with Crippen LogP contribution >= 0.6 is 0 Å². The van der Waals surface area contributed by atoms with Gasteiger partial charge in [0.2, 0.25) is 0 Å². The van der Waals surface area contributed by atoms with Crippen molar-refractivity contribution in [1.82, 2.24) is 0 Å². The maximum atomic E-state index is 13.2. The first kappa shape index (κ1) is 19.9. The van der Waals surface area contributed by atoms with E-state index >= 15 is 0 Å². The van der Waals surface area contributed by atoms with E-state index in [0.29, 0.717) is 16.7 Å². The van der Waals surface area contributed by atoms with Gasteiger partial charge >= 0.3 is 17.9 Å². The van der Waals surface area contributed by atoms with Crippen molar-refractivity contribution in [2.45, 2.75) is 6.42 Å². The summed E-state index contributed by atoms with van der Waals surface area (Å²) >= 11 is 0. The van der Waals surface area contributed by atoms with Crippen LogP contribution in [0.3, 0.4) is 0 Å². The fraction of sp³-hybridized carbons (Fsp3) is 0.292. The molecule has 0 amide bonds. The molecule has 1 heterocycles. The molecule has 6 heteroatoms. The first-order valence-corrected chi connectivity index (χ1v) is 9.74. The third-order valence-electron chi connectivity index (χ3n) is 6.02. The number of rotatable bonds is 4. The molecular formula is C24H22O6. The molecule has 1 aliphatic heterocycles. The summed E-state index contributed by atoms with van der Waals surface area (Å²) < 4.78 is 15.6. The summed E-state index contributed by atoms with van der Waals surface area (Å²) in [6.07, 6.45) is 0.244. The van der Waals surface area contributed by atoms with E-state index in [9.17, 15) is 14.4 Å². The van der Waals surface area contributed by atoms with Crippen molar-refractivity contribution >= 4 is 29.1 Å². The number of methoxy groups -OCH3 is 2. The van der Waals surface area contributed by atoms with Gasteiger partial charge in [-0.2, -0.15) is 0 Å². The standard InChI is InChI=1S/C24H22O6/c1-28-21(25)18-13-17-14-30-23(27)24(17,22(26)29-2)20(16-11-7-4-8-12-16)19(18)15-9-5-3-6-10-15/h3-12,17-18H,13-14H2,1-2H3/t17-,18+,24+/m0/s1. The molecule has 0 saturated carbocycles. The maximum absolute atomic E-state index is 13.2. The second-order valence-electron chi connectivity index (χ2n) is 7.43. The van der Waals surface area contributed by atoms with Crippen molar-refractivity contribution in [1.29, 1.82) is 0 Å². The zero-order valence-electron chi connectivity index (χ0n) is 16.8. The van der Waals surface area contributed by atoms with Crippen molar-refractivity contribution in [2.75, 3.05) is 20.8 Å². The minimum Gasteiger partial charge on any atom is -0.469 e. The molecule has 0 radical (unpaired) electrons. The number of carbonyl (C=O) groups excluding carboxylic acids is 3. The average molecular weight is 406 g/mol. The predicted molar refractivity (Wildman–Crippen MR) is 109 cm³/mol. The molecule has 1 saturated heterocycles. The third-order valence-corrected chi connectivity index (χ3v) is 6.02. The largest absolute Gasteiger partial charge is 0.469 e. The van der Waals surface area contributed by atoms with Gasteiger partial charge in [0, 0.05) is 5.92 Å². The topological polar surface area (TPSA) is 78.9 Å². The van der Waals surface area contributed by atoms with Crippen LogP contribution in [-0.4, -0.2) is 38.7 Å². The fourth-order valence-electron chi connectivity index (χ4n) is 4.74. The predicted octanol–water partition coefficient (Wildman–Crippen LogP) is 3.12. The molecule has 3 atom stereocenters. The van der Waals surface area contributed by atoms with Crippen LogP contribution in [0.4, 0.5) is 0 Å². The Morgan fingerprint density at radius 2 is 1.53 bits per heavy atom. The summed E-state index contributed by atoms with van der Waals surface area (Å²) in [5.74, 6) is -2.92. The molecule has 6 nitrogen and oxygen atoms in total. The Balaban J connectivity index is 2.14. The Morgan fingerprint density at radius 1 is 0.933 bits per heavy atom. The van der Waals surface area contributed by atoms with Crippen molar-refractivity contribution in [3.63, 3.8) is 0 Å². The molecule has 0 N–H and O–H groups in total. The van der Waals surface area contributed by atoms with Crippen LogP contribution in [0.15, 0.2) is 60.7 Å². The minimum atomic E-state index is -1.63. The van der Waals surface area contributed by atoms with Crippen LogP contribution in [-0.2, 0) is 28.6 Å². The smallest absolute Gasteiger partial charge is 0.328 e. The Morgan fingerprint density at radius 3 is 2.10 bits per heavy atom. The van der Waals surface area contributed by atoms with E-state index in [1.165, 1.54) is 14.2 Å². The second-order valence-corrected chi connectivity index (χ2v) is 7.43. The lowest BCUT2D eigenvalue weighted by molar-refractivity contribution is -0.161. The molecule has 0 spiro atoms. The van der Waals surface area contributed by atoms with E-state index in [-0.39, 0.29) is 13.0 Å². The monoisotopic (exact) mass is 406 g/mol. The molecule has 2 aliphatic rings. The van der Waals surface area contributed by atoms with E-state index in [2.05, 4.69) is 0 Å². The van der Waals surface area contributed by atoms with Crippen molar-refractivity contribution in [2.24, 2.45) is 17.3 Å². The highest BCUT2D eigenvalue weighted by Gasteiger charge is 2.65. The summed E-state index contributed by atoms with van der Waals surface area (Å²) in [5, 5.41) is 0. The number of ether oxygens (including phenoxy) is 3. The quantitative estimate of drug-likeness (QED) is 0.441. The highest BCUT2D eigenvalue weighted by molar-refractivity contribution is 6.20. The van der Waals surface area contributed by atoms with E-state index in [4.69, 9.17) is 14.2 Å². The maximum Gasteiger partial charge on any atom is 0.328 e. The van der Waals surface area contributed by atoms with Gasteiger partial charge in [0.05, 0.1) is 26.7 Å². The summed E-state index contributed by atoms with van der Waals surface area (Å²) in [7, 11) is 2.60. The van der Waals surface area contributed by atoms with E-state index < -0.39 is 35.2 Å². The highest BCUT2D eigenvalue weighted by atomic mass is 16.6. The van der Waals surface area contributed by atoms with Gasteiger partial charge < -0.3 is 14.2 Å². The van der Waals surface area contributed by atoms with E-state index in [1.807, 2.05) is 60.7 Å². The van der Waals surface area contributed by atoms with Crippen molar-refractivity contribution in [3.05, 3.63) is 71.8 Å². The summed E-state index contributed by atoms with van der Waals surface area (Å²) in [6.45, 7) is 0.0415. The fourth-order valence-corrected chi connectivity index (χ4v) is 4.74. The van der Waals surface area contributed by atoms with Crippen LogP contribution in [0.2, 0.25) is 0 Å². The second kappa shape index (κ2) is 7.78. The van der Waals surface area contributed by atoms with Gasteiger partial charge in [0.15, 0.2) is 5.41 Å². The molecule has 0 bridgehead atoms. The highest BCUT2D eigenvalue weighted by Crippen LogP contribution is 2.58. The Bertz CT molecular complexity index is 1010. The first-order chi connectivity index (χ1) is 14.6. The van der Waals surface area contributed by atoms with E-state index in [1.54, 1.807) is 0 Å². The van der Waals surface area contributed by atoms with Crippen molar-refractivity contribution in [3.8, 4) is 0 Å². The van der Waals surface area contributed by atoms with Gasteiger partial charge in [0.25, 0.3) is 0 Å². The Hall–Kier alpha value is -3.41. The molecule has 2 aromatic rings. The normalized spacial score (nSPS) is 25.3. The molecule has 2 aromatic carbocycles. The van der Waals surface area contributed by atoms with Gasteiger partial charge in [-0.15, -0.1) is 0 Å². The number of esters is 3. The lowest BCUT2D eigenvalue weighted by Gasteiger charge is -2.40. The number of hydrogen-bond donors (Lipinski definition) is 0. The van der Waals surface area contributed by atoms with Crippen molar-refractivity contribution < 1.29 is 28.6 Å². The van der Waals surface area contributed by atoms with Crippen LogP contribution in [0, 0.1) is 17.3 Å². The lowest BCUT2D eigenvalue weighted by Crippen LogP contribution is -2.48. The average Bonchev–Trinajstić information content (AvgIpc) is 3.14. The number of fused-ring (bicyclic) bond motifs is 1. The molecule has 1 aliphatic carbocycles. The Labute approximate surface area is 174 Å². The molecule has 30 heavy (non-hydrogen) atoms. The lowest BCUT2D eigenvalue weighted by atomic mass is 9.58. The third kappa shape index (κ3) is 2.83. The number of cyclic esters (lactones) is 1. The number of carbonyl (C=O) groups is 3. The van der Waals surface area contributed by atoms with E-state index in [0.717, 1.165) is 5.56 Å². The molecule has 4 rings (SSSR count). The zero-order chi connectivity index (χ0) is 21.3. The molecule has 154 valence electrons. The first-order valence-electron chi connectivity index (χ1n) is 9.74. The SMILES string of the molecule is COC(=O)[C@@H]1C[C@H]2COC(=O)[C@@]2(C(=O)OC)C(c2ccccc2)=C1c1ccccc1. The van der Waals surface area contributed by atoms with Crippen LogP contribution in [0.5, 0.6) is 0 Å². The van der Waals surface area contributed by atoms with Gasteiger partial charge in [-0.1, -0.05) is 60.7 Å². The van der Waals surface area contributed by atoms with Crippen LogP contribution in [0.25, 0.3) is 11.1 Å². The van der Waals surface area contributed by atoms with Gasteiger partial charge in [-0.25, -0.2) is 0 Å². The van der Waals surface area contributed by atoms with Gasteiger partial charge in [0.1, 0.15) is 0 Å².